The third kappa shape index (κ3) is 2.86. The van der Waals surface area contributed by atoms with Gasteiger partial charge in [-0.25, -0.2) is 8.42 Å². The third-order valence-corrected chi connectivity index (χ3v) is 4.06. The minimum absolute atomic E-state index is 0.102. The number of sulfonamides is 1. The highest BCUT2D eigenvalue weighted by atomic mass is 32.2. The molecule has 0 radical (unpaired) electrons. The Hall–Kier alpha value is -1.45. The number of H-pyrrole nitrogens is 1. The van der Waals surface area contributed by atoms with Crippen molar-refractivity contribution in [2.45, 2.75) is 37.8 Å². The number of carboxylic acid groups (broad SMARTS) is 1. The van der Waals surface area contributed by atoms with Crippen molar-refractivity contribution in [3.63, 3.8) is 0 Å². The van der Waals surface area contributed by atoms with Gasteiger partial charge < -0.3 is 10.2 Å². The molecule has 2 unspecified atom stereocenters. The molecule has 0 saturated carbocycles. The number of rotatable bonds is 5. The number of nitrogens with one attached hydrogen (secondary N) is 2. The highest BCUT2D eigenvalue weighted by Gasteiger charge is 2.31. The van der Waals surface area contributed by atoms with Crippen LogP contribution in [0.5, 0.6) is 0 Å². The van der Waals surface area contributed by atoms with Crippen LogP contribution >= 0.6 is 0 Å². The summed E-state index contributed by atoms with van der Waals surface area (Å²) < 4.78 is 26.0. The number of nitrogens with zero attached hydrogens (tertiary/aromatic N) is 1. The Morgan fingerprint density at radius 2 is 2.00 bits per heavy atom. The van der Waals surface area contributed by atoms with Gasteiger partial charge in [0.2, 0.25) is 10.0 Å². The first kappa shape index (κ1) is 14.6. The van der Waals surface area contributed by atoms with E-state index in [-0.39, 0.29) is 10.6 Å². The average molecular weight is 277 g/mol. The van der Waals surface area contributed by atoms with E-state index in [0.29, 0.717) is 5.69 Å². The van der Waals surface area contributed by atoms with Crippen LogP contribution in [0.1, 0.15) is 18.3 Å². The molecule has 0 saturated heterocycles. The molecule has 1 aromatic rings. The average Bonchev–Trinajstić information content (AvgIpc) is 2.54. The molecule has 0 aliphatic heterocycles. The zero-order valence-corrected chi connectivity index (χ0v) is 10.9. The number of aliphatic hydroxyl groups is 1. The second-order valence-electron chi connectivity index (χ2n) is 3.94. The second kappa shape index (κ2) is 5.04. The Kier molecular flexibility index (Phi) is 4.09. The van der Waals surface area contributed by atoms with Crippen molar-refractivity contribution in [2.24, 2.45) is 0 Å². The molecular weight excluding hydrogens is 262 g/mol. The Morgan fingerprint density at radius 1 is 1.44 bits per heavy atom. The van der Waals surface area contributed by atoms with Gasteiger partial charge in [0.25, 0.3) is 0 Å². The van der Waals surface area contributed by atoms with Crippen LogP contribution in [-0.2, 0) is 14.8 Å². The highest BCUT2D eigenvalue weighted by Crippen LogP contribution is 2.17. The lowest BCUT2D eigenvalue weighted by atomic mass is 10.2. The van der Waals surface area contributed by atoms with E-state index in [0.717, 1.165) is 0 Å². The second-order valence-corrected chi connectivity index (χ2v) is 5.59. The maximum Gasteiger partial charge on any atom is 0.324 e. The van der Waals surface area contributed by atoms with Crippen molar-refractivity contribution in [1.29, 1.82) is 0 Å². The molecule has 1 rings (SSSR count). The van der Waals surface area contributed by atoms with Crippen LogP contribution in [0.3, 0.4) is 0 Å². The third-order valence-electron chi connectivity index (χ3n) is 2.36. The Balaban J connectivity index is 3.13. The molecular formula is C9H15N3O5S. The van der Waals surface area contributed by atoms with Crippen LogP contribution in [-0.4, -0.2) is 46.9 Å². The zero-order valence-electron chi connectivity index (χ0n) is 10.1. The molecule has 102 valence electrons. The lowest BCUT2D eigenvalue weighted by Gasteiger charge is -2.17. The quantitative estimate of drug-likeness (QED) is 0.553. The van der Waals surface area contributed by atoms with Crippen LogP contribution in [0.15, 0.2) is 4.90 Å². The molecule has 0 bridgehead atoms. The maximum absolute atomic E-state index is 12.0. The molecule has 9 heteroatoms. The lowest BCUT2D eigenvalue weighted by molar-refractivity contribution is -0.141. The van der Waals surface area contributed by atoms with Gasteiger partial charge in [-0.2, -0.15) is 9.82 Å². The summed E-state index contributed by atoms with van der Waals surface area (Å²) >= 11 is 0. The van der Waals surface area contributed by atoms with Gasteiger partial charge in [-0.05, 0) is 20.8 Å². The van der Waals surface area contributed by atoms with Crippen LogP contribution in [0.4, 0.5) is 0 Å². The molecule has 8 nitrogen and oxygen atoms in total. The van der Waals surface area contributed by atoms with Crippen LogP contribution in [0.2, 0.25) is 0 Å². The monoisotopic (exact) mass is 277 g/mol. The standard InChI is InChI=1S/C9H15N3O5S/c1-4-8(5(2)11-10-4)18(16,17)12-7(6(3)13)9(14)15/h6-7,12-13H,1-3H3,(H,10,11)(H,14,15). The van der Waals surface area contributed by atoms with E-state index in [1.165, 1.54) is 20.8 Å². The van der Waals surface area contributed by atoms with Gasteiger partial charge in [0.1, 0.15) is 10.9 Å². The highest BCUT2D eigenvalue weighted by molar-refractivity contribution is 7.89. The number of hydrogen-bond donors (Lipinski definition) is 4. The van der Waals surface area contributed by atoms with Crippen LogP contribution in [0, 0.1) is 13.8 Å². The van der Waals surface area contributed by atoms with E-state index in [9.17, 15) is 18.3 Å². The van der Waals surface area contributed by atoms with Crippen LogP contribution in [0.25, 0.3) is 0 Å². The molecule has 0 aromatic carbocycles. The van der Waals surface area contributed by atoms with Gasteiger partial charge in [0, 0.05) is 0 Å². The SMILES string of the molecule is Cc1n[nH]c(C)c1S(=O)(=O)NC(C(=O)O)C(C)O. The Bertz CT molecular complexity index is 529. The van der Waals surface area contributed by atoms with Gasteiger partial charge in [-0.15, -0.1) is 0 Å². The molecule has 1 heterocycles. The number of aliphatic hydroxyl groups excluding tert-OH is 1. The van der Waals surface area contributed by atoms with Crippen molar-refractivity contribution >= 4 is 16.0 Å². The number of aryl methyl sites for hydroxylation is 2. The van der Waals surface area contributed by atoms with Gasteiger partial charge in [0.05, 0.1) is 17.5 Å². The summed E-state index contributed by atoms with van der Waals surface area (Å²) in [5, 5.41) is 24.3. The molecule has 18 heavy (non-hydrogen) atoms. The van der Waals surface area contributed by atoms with Gasteiger partial charge in [-0.1, -0.05) is 0 Å². The molecule has 0 aliphatic carbocycles. The predicted molar refractivity (Wildman–Crippen MR) is 61.5 cm³/mol. The fourth-order valence-electron chi connectivity index (χ4n) is 1.52. The molecule has 0 aliphatic rings. The molecule has 0 spiro atoms. The van der Waals surface area contributed by atoms with Gasteiger partial charge in [0.15, 0.2) is 0 Å². The number of aromatic amines is 1. The summed E-state index contributed by atoms with van der Waals surface area (Å²) in [4.78, 5) is 10.7. The normalized spacial score (nSPS) is 15.3. The molecule has 4 N–H and O–H groups in total. The van der Waals surface area contributed by atoms with Crippen molar-refractivity contribution in [1.82, 2.24) is 14.9 Å². The van der Waals surface area contributed by atoms with Crippen molar-refractivity contribution < 1.29 is 23.4 Å². The number of hydrogen-bond acceptors (Lipinski definition) is 5. The largest absolute Gasteiger partial charge is 0.480 e. The number of carbonyl (C=O) groups is 1. The van der Waals surface area contributed by atoms with Crippen molar-refractivity contribution in [3.05, 3.63) is 11.4 Å². The topological polar surface area (TPSA) is 132 Å². The molecule has 0 amide bonds. The van der Waals surface area contributed by atoms with Crippen LogP contribution < -0.4 is 4.72 Å². The van der Waals surface area contributed by atoms with E-state index in [1.807, 2.05) is 4.72 Å². The minimum atomic E-state index is -4.05. The first-order valence-corrected chi connectivity index (χ1v) is 6.60. The molecule has 1 aromatic heterocycles. The fraction of sp³-hybridized carbons (Fsp3) is 0.556. The predicted octanol–water partition coefficient (Wildman–Crippen LogP) is -0.861. The van der Waals surface area contributed by atoms with Gasteiger partial charge >= 0.3 is 5.97 Å². The van der Waals surface area contributed by atoms with Crippen molar-refractivity contribution in [3.8, 4) is 0 Å². The summed E-state index contributed by atoms with van der Waals surface area (Å²) in [6, 6.07) is -1.61. The number of aliphatic carboxylic acids is 1. The Labute approximate surface area is 104 Å². The van der Waals surface area contributed by atoms with E-state index < -0.39 is 28.1 Å². The summed E-state index contributed by atoms with van der Waals surface area (Å²) in [6.07, 6.45) is -1.36. The minimum Gasteiger partial charge on any atom is -0.480 e. The number of aromatic nitrogens is 2. The van der Waals surface area contributed by atoms with Gasteiger partial charge in [-0.3, -0.25) is 9.89 Å². The molecule has 2 atom stereocenters. The zero-order chi connectivity index (χ0) is 14.1. The summed E-state index contributed by atoms with van der Waals surface area (Å²) in [5.74, 6) is -1.45. The number of carboxylic acids is 1. The van der Waals surface area contributed by atoms with E-state index in [1.54, 1.807) is 0 Å². The molecule has 0 fully saturated rings. The summed E-state index contributed by atoms with van der Waals surface area (Å²) in [5.41, 5.74) is 0.532. The Morgan fingerprint density at radius 3 is 2.33 bits per heavy atom. The van der Waals surface area contributed by atoms with E-state index in [2.05, 4.69) is 10.2 Å². The van der Waals surface area contributed by atoms with E-state index in [4.69, 9.17) is 5.11 Å². The smallest absolute Gasteiger partial charge is 0.324 e. The first-order chi connectivity index (χ1) is 8.16. The fourth-order valence-corrected chi connectivity index (χ4v) is 3.15. The maximum atomic E-state index is 12.0. The van der Waals surface area contributed by atoms with Crippen molar-refractivity contribution in [2.75, 3.05) is 0 Å². The first-order valence-electron chi connectivity index (χ1n) is 5.11. The van der Waals surface area contributed by atoms with E-state index >= 15 is 0 Å². The lowest BCUT2D eigenvalue weighted by Crippen LogP contribution is -2.47. The summed E-state index contributed by atoms with van der Waals surface area (Å²) in [6.45, 7) is 4.18. The summed E-state index contributed by atoms with van der Waals surface area (Å²) in [7, 11) is -4.05.